The van der Waals surface area contributed by atoms with E-state index in [1.54, 1.807) is 0 Å². The minimum atomic E-state index is -2.19. The molecule has 2 N–H and O–H groups in total. The number of rotatable bonds is 0. The van der Waals surface area contributed by atoms with E-state index in [0.29, 0.717) is 0 Å². The van der Waals surface area contributed by atoms with Crippen molar-refractivity contribution < 1.29 is 40.9 Å². The molecule has 0 aromatic carbocycles. The van der Waals surface area contributed by atoms with Crippen LogP contribution in [0.4, 0.5) is 0 Å². The predicted molar refractivity (Wildman–Crippen MR) is 72.7 cm³/mol. The number of aliphatic carboxylic acids is 2. The number of hydrogen-bond donors (Lipinski definition) is 0. The number of carboxylic acids is 2. The van der Waals surface area contributed by atoms with E-state index < -0.39 is 11.9 Å². The molecule has 1 aliphatic rings. The summed E-state index contributed by atoms with van der Waals surface area (Å²) in [6.45, 7) is 0. The Kier molecular flexibility index (Phi) is 20.5. The third-order valence-electron chi connectivity index (χ3n) is 1.93. The molecule has 6 nitrogen and oxygen atoms in total. The van der Waals surface area contributed by atoms with Crippen LogP contribution in [0.25, 0.3) is 11.5 Å². The number of carbonyl (C=O) groups is 2. The Labute approximate surface area is 138 Å². The van der Waals surface area contributed by atoms with Gasteiger partial charge in [-0.25, -0.2) is 0 Å². The van der Waals surface area contributed by atoms with Gasteiger partial charge in [-0.05, 0) is 0 Å². The van der Waals surface area contributed by atoms with E-state index in [-0.39, 0.29) is 33.1 Å². The van der Waals surface area contributed by atoms with Gasteiger partial charge in [-0.2, -0.15) is 12.1 Å². The molecule has 1 fully saturated rings. The van der Waals surface area contributed by atoms with Gasteiger partial charge in [0.2, 0.25) is 0 Å². The first-order chi connectivity index (χ1) is 7.45. The van der Waals surface area contributed by atoms with Crippen molar-refractivity contribution in [1.82, 2.24) is 0 Å². The molecule has 0 aromatic heterocycles. The molecular formula is C8H12I2N2O4Pt-2. The molecule has 0 bridgehead atoms. The zero-order chi connectivity index (χ0) is 13.1. The minimum absolute atomic E-state index is 0. The molecule has 0 saturated heterocycles. The molecule has 0 heterocycles. The van der Waals surface area contributed by atoms with Gasteiger partial charge in [0, 0.05) is 37.2 Å². The Balaban J connectivity index is -0.000000197. The van der Waals surface area contributed by atoms with Gasteiger partial charge in [0.25, 0.3) is 0 Å². The third kappa shape index (κ3) is 14.9. The van der Waals surface area contributed by atoms with E-state index in [2.05, 4.69) is 37.2 Å². The number of nitrogens with one attached hydrogen (secondary N) is 2. The first-order valence-corrected chi connectivity index (χ1v) is 10.7. The summed E-state index contributed by atoms with van der Waals surface area (Å²) in [4.78, 5) is 17.9. The smallest absolute Gasteiger partial charge is 0.676 e. The van der Waals surface area contributed by atoms with Crippen LogP contribution in [0.15, 0.2) is 0 Å². The summed E-state index contributed by atoms with van der Waals surface area (Å²) in [6, 6.07) is -0.160. The second-order valence-electron chi connectivity index (χ2n) is 3.07. The largest absolute Gasteiger partial charge is 2.00 e. The molecule has 9 heteroatoms. The van der Waals surface area contributed by atoms with Gasteiger partial charge in [0.15, 0.2) is 0 Å². The summed E-state index contributed by atoms with van der Waals surface area (Å²) in [5.41, 5.74) is 14.6. The molecule has 1 saturated carbocycles. The van der Waals surface area contributed by atoms with E-state index in [1.807, 2.05) is 0 Å². The molecule has 17 heavy (non-hydrogen) atoms. The van der Waals surface area contributed by atoms with Gasteiger partial charge in [-0.1, -0.05) is 25.7 Å². The van der Waals surface area contributed by atoms with Crippen molar-refractivity contribution in [2.75, 3.05) is 0 Å². The number of hydrogen-bond acceptors (Lipinski definition) is 4. The molecule has 104 valence electrons. The van der Waals surface area contributed by atoms with Crippen molar-refractivity contribution in [3.05, 3.63) is 11.5 Å². The predicted octanol–water partition coefficient (Wildman–Crippen LogP) is 0.657. The maximum absolute atomic E-state index is 8.93. The van der Waals surface area contributed by atoms with Crippen LogP contribution in [0, 0.1) is 0 Å². The summed E-state index contributed by atoms with van der Waals surface area (Å²) in [6.07, 6.45) is 4.25. The fourth-order valence-electron chi connectivity index (χ4n) is 1.13. The maximum atomic E-state index is 8.93. The Morgan fingerprint density at radius 1 is 0.941 bits per heavy atom. The zero-order valence-electron chi connectivity index (χ0n) is 8.69. The molecule has 0 radical (unpaired) electrons. The number of halogens is 2. The van der Waals surface area contributed by atoms with Crippen molar-refractivity contribution in [3.63, 3.8) is 0 Å². The Morgan fingerprint density at radius 3 is 1.29 bits per heavy atom. The SMILES string of the molecule is II.O=C([O-])C(=O)[O-].[NH-][C@@H]1CCCC[C@H]1[NH-].[Pt+2]. The van der Waals surface area contributed by atoms with Crippen LogP contribution in [0.1, 0.15) is 25.7 Å². The molecule has 2 atom stereocenters. The van der Waals surface area contributed by atoms with Gasteiger partial charge in [0.1, 0.15) is 0 Å². The number of carbonyl (C=O) groups excluding carboxylic acids is 2. The summed E-state index contributed by atoms with van der Waals surface area (Å²) >= 11 is 4.24. The van der Waals surface area contributed by atoms with Gasteiger partial charge in [-0.15, -0.1) is 0 Å². The van der Waals surface area contributed by atoms with Gasteiger partial charge >= 0.3 is 21.1 Å². The molecule has 1 aliphatic carbocycles. The average Bonchev–Trinajstić information content (AvgIpc) is 2.26. The van der Waals surface area contributed by atoms with Crippen LogP contribution >= 0.6 is 37.2 Å². The Bertz CT molecular complexity index is 200. The molecule has 0 spiro atoms. The molecular weight excluding hydrogens is 637 g/mol. The van der Waals surface area contributed by atoms with Crippen molar-refractivity contribution in [2.24, 2.45) is 0 Å². The molecule has 0 aliphatic heterocycles. The Morgan fingerprint density at radius 2 is 1.18 bits per heavy atom. The first-order valence-electron chi connectivity index (χ1n) is 4.44. The van der Waals surface area contributed by atoms with Gasteiger partial charge in [0.05, 0.1) is 11.9 Å². The summed E-state index contributed by atoms with van der Waals surface area (Å²) in [5.74, 6) is -4.37. The molecule has 1 rings (SSSR count). The van der Waals surface area contributed by atoms with E-state index in [0.717, 1.165) is 12.8 Å². The Hall–Kier alpha value is 1.01. The summed E-state index contributed by atoms with van der Waals surface area (Å²) in [7, 11) is 0. The van der Waals surface area contributed by atoms with Crippen LogP contribution in [-0.4, -0.2) is 24.0 Å². The van der Waals surface area contributed by atoms with Crippen molar-refractivity contribution in [2.45, 2.75) is 37.8 Å². The van der Waals surface area contributed by atoms with E-state index in [1.165, 1.54) is 12.8 Å². The summed E-state index contributed by atoms with van der Waals surface area (Å²) < 4.78 is 0. The van der Waals surface area contributed by atoms with E-state index >= 15 is 0 Å². The van der Waals surface area contributed by atoms with Crippen molar-refractivity contribution in [3.8, 4) is 0 Å². The van der Waals surface area contributed by atoms with Crippen LogP contribution in [-0.2, 0) is 30.7 Å². The molecule has 0 aromatic rings. The molecule has 0 amide bonds. The monoisotopic (exact) mass is 649 g/mol. The first kappa shape index (κ1) is 23.1. The standard InChI is InChI=1S/C6H12N2.C2H2O4.I2.Pt/c7-5-3-1-2-4-6(5)8;3-1(4)2(5)6;1-2;/h5-8H,1-4H2;(H,3,4)(H,5,6);;/q-2;;;+2/p-2/t5-,6-;;;/m1.../s1. The van der Waals surface area contributed by atoms with E-state index in [4.69, 9.17) is 31.3 Å². The molecule has 0 unspecified atom stereocenters. The topological polar surface area (TPSA) is 128 Å². The fraction of sp³-hybridized carbons (Fsp3) is 0.750. The van der Waals surface area contributed by atoms with Gasteiger partial charge in [-0.3, -0.25) is 0 Å². The number of carboxylic acid groups (broad SMARTS) is 2. The van der Waals surface area contributed by atoms with Crippen molar-refractivity contribution in [1.29, 1.82) is 0 Å². The van der Waals surface area contributed by atoms with Crippen LogP contribution in [0.3, 0.4) is 0 Å². The van der Waals surface area contributed by atoms with Crippen LogP contribution in [0.5, 0.6) is 0 Å². The quantitative estimate of drug-likeness (QED) is 0.282. The van der Waals surface area contributed by atoms with E-state index in [9.17, 15) is 0 Å². The normalized spacial score (nSPS) is 21.6. The minimum Gasteiger partial charge on any atom is -0.676 e. The zero-order valence-corrected chi connectivity index (χ0v) is 15.3. The third-order valence-corrected chi connectivity index (χ3v) is 1.93. The maximum Gasteiger partial charge on any atom is 2.00 e. The fourth-order valence-corrected chi connectivity index (χ4v) is 1.13. The second-order valence-corrected chi connectivity index (χ2v) is 3.07. The van der Waals surface area contributed by atoms with Crippen LogP contribution in [0.2, 0.25) is 0 Å². The second kappa shape index (κ2) is 15.1. The van der Waals surface area contributed by atoms with Crippen LogP contribution < -0.4 is 10.2 Å². The average molecular weight is 649 g/mol. The van der Waals surface area contributed by atoms with Gasteiger partial charge < -0.3 is 31.3 Å². The van der Waals surface area contributed by atoms with Crippen molar-refractivity contribution >= 4 is 49.2 Å². The summed E-state index contributed by atoms with van der Waals surface area (Å²) in [5, 5.41) is 17.9.